The summed E-state index contributed by atoms with van der Waals surface area (Å²) in [5.74, 6) is 2.63. The lowest BCUT2D eigenvalue weighted by atomic mass is 9.83. The number of nitrogens with zero attached hydrogens (tertiary/aromatic N) is 1. The molecule has 2 fully saturated rings. The van der Waals surface area contributed by atoms with Gasteiger partial charge >= 0.3 is 0 Å². The Kier molecular flexibility index (Phi) is 5.70. The maximum Gasteiger partial charge on any atom is 0.0247 e. The van der Waals surface area contributed by atoms with E-state index in [4.69, 9.17) is 0 Å². The molecule has 4 unspecified atom stereocenters. The minimum atomic E-state index is 0.713. The lowest BCUT2D eigenvalue weighted by Gasteiger charge is -2.47. The largest absolute Gasteiger partial charge is 0.311 e. The van der Waals surface area contributed by atoms with Gasteiger partial charge in [-0.25, -0.2) is 0 Å². The Morgan fingerprint density at radius 3 is 2.32 bits per heavy atom. The Morgan fingerprint density at radius 2 is 1.79 bits per heavy atom. The Hall–Kier alpha value is -0.0800. The maximum atomic E-state index is 3.83. The minimum Gasteiger partial charge on any atom is -0.311 e. The van der Waals surface area contributed by atoms with Crippen molar-refractivity contribution in [1.82, 2.24) is 10.2 Å². The van der Waals surface area contributed by atoms with Crippen molar-refractivity contribution in [3.63, 3.8) is 0 Å². The van der Waals surface area contributed by atoms with E-state index in [9.17, 15) is 0 Å². The van der Waals surface area contributed by atoms with Crippen molar-refractivity contribution in [1.29, 1.82) is 0 Å². The first-order valence-electron chi connectivity index (χ1n) is 8.63. The highest BCUT2D eigenvalue weighted by Crippen LogP contribution is 2.30. The maximum absolute atomic E-state index is 3.83. The second kappa shape index (κ2) is 7.08. The van der Waals surface area contributed by atoms with Crippen LogP contribution in [0.5, 0.6) is 0 Å². The molecule has 2 nitrogen and oxygen atoms in total. The lowest BCUT2D eigenvalue weighted by Crippen LogP contribution is -2.61. The van der Waals surface area contributed by atoms with E-state index in [1.165, 1.54) is 51.7 Å². The van der Waals surface area contributed by atoms with Gasteiger partial charge in [-0.1, -0.05) is 47.0 Å². The number of piperazine rings is 1. The Balaban J connectivity index is 1.95. The molecule has 1 saturated carbocycles. The van der Waals surface area contributed by atoms with E-state index in [-0.39, 0.29) is 0 Å². The van der Waals surface area contributed by atoms with Crippen LogP contribution < -0.4 is 5.32 Å². The zero-order chi connectivity index (χ0) is 13.8. The molecule has 0 spiro atoms. The highest BCUT2D eigenvalue weighted by molar-refractivity contribution is 4.91. The Labute approximate surface area is 120 Å². The molecule has 0 radical (unpaired) electrons. The van der Waals surface area contributed by atoms with E-state index in [0.717, 1.165) is 23.8 Å². The molecule has 1 aliphatic heterocycles. The minimum absolute atomic E-state index is 0.713. The first kappa shape index (κ1) is 15.3. The molecule has 0 aromatic rings. The normalized spacial score (nSPS) is 32.8. The van der Waals surface area contributed by atoms with Crippen molar-refractivity contribution in [2.45, 2.75) is 71.9 Å². The summed E-state index contributed by atoms with van der Waals surface area (Å²) < 4.78 is 0. The summed E-state index contributed by atoms with van der Waals surface area (Å²) in [6, 6.07) is 1.48. The highest BCUT2D eigenvalue weighted by atomic mass is 15.2. The van der Waals surface area contributed by atoms with E-state index in [1.54, 1.807) is 0 Å². The smallest absolute Gasteiger partial charge is 0.0247 e. The third-order valence-electron chi connectivity index (χ3n) is 5.84. The predicted octanol–water partition coefficient (Wildman–Crippen LogP) is 3.52. The van der Waals surface area contributed by atoms with Gasteiger partial charge in [-0.2, -0.15) is 0 Å². The van der Waals surface area contributed by atoms with Crippen LogP contribution in [0.1, 0.15) is 59.8 Å². The number of hydrogen-bond acceptors (Lipinski definition) is 2. The predicted molar refractivity (Wildman–Crippen MR) is 83.4 cm³/mol. The second-order valence-corrected chi connectivity index (χ2v) is 7.10. The molecule has 2 rings (SSSR count). The SMILES string of the molecule is CCC(C)C1CN(CC2CCC2)C(C(C)CC)CN1. The summed E-state index contributed by atoms with van der Waals surface area (Å²) >= 11 is 0. The molecule has 1 aliphatic carbocycles. The van der Waals surface area contributed by atoms with Crippen LogP contribution in [0.25, 0.3) is 0 Å². The summed E-state index contributed by atoms with van der Waals surface area (Å²) in [6.45, 7) is 13.4. The lowest BCUT2D eigenvalue weighted by molar-refractivity contribution is 0.0485. The summed E-state index contributed by atoms with van der Waals surface area (Å²) in [7, 11) is 0. The molecular formula is C17H34N2. The van der Waals surface area contributed by atoms with Gasteiger partial charge in [0.05, 0.1) is 0 Å². The van der Waals surface area contributed by atoms with E-state index < -0.39 is 0 Å². The molecular weight excluding hydrogens is 232 g/mol. The Morgan fingerprint density at radius 1 is 1.11 bits per heavy atom. The molecule has 1 N–H and O–H groups in total. The van der Waals surface area contributed by atoms with Crippen LogP contribution in [-0.2, 0) is 0 Å². The molecule has 2 heteroatoms. The van der Waals surface area contributed by atoms with Gasteiger partial charge in [0.25, 0.3) is 0 Å². The van der Waals surface area contributed by atoms with E-state index in [1.807, 2.05) is 0 Å². The van der Waals surface area contributed by atoms with Gasteiger partial charge in [0.15, 0.2) is 0 Å². The fourth-order valence-electron chi connectivity index (χ4n) is 3.57. The summed E-state index contributed by atoms with van der Waals surface area (Å²) in [5, 5.41) is 3.83. The quantitative estimate of drug-likeness (QED) is 0.791. The van der Waals surface area contributed by atoms with Gasteiger partial charge in [-0.05, 0) is 30.6 Å². The first-order chi connectivity index (χ1) is 9.15. The fraction of sp³-hybridized carbons (Fsp3) is 1.00. The molecule has 0 amide bonds. The summed E-state index contributed by atoms with van der Waals surface area (Å²) in [4.78, 5) is 2.84. The average molecular weight is 266 g/mol. The number of rotatable bonds is 6. The molecule has 2 aliphatic rings. The van der Waals surface area contributed by atoms with Crippen LogP contribution in [0.3, 0.4) is 0 Å². The van der Waals surface area contributed by atoms with Gasteiger partial charge in [0.2, 0.25) is 0 Å². The molecule has 1 saturated heterocycles. The summed E-state index contributed by atoms with van der Waals surface area (Å²) in [5.41, 5.74) is 0. The number of hydrogen-bond donors (Lipinski definition) is 1. The van der Waals surface area contributed by atoms with Crippen LogP contribution in [-0.4, -0.2) is 36.6 Å². The molecule has 112 valence electrons. The van der Waals surface area contributed by atoms with Crippen molar-refractivity contribution in [3.8, 4) is 0 Å². The molecule has 4 atom stereocenters. The third kappa shape index (κ3) is 3.72. The van der Waals surface area contributed by atoms with Crippen LogP contribution in [0, 0.1) is 17.8 Å². The topological polar surface area (TPSA) is 15.3 Å². The fourth-order valence-corrected chi connectivity index (χ4v) is 3.57. The van der Waals surface area contributed by atoms with Gasteiger partial charge in [-0.3, -0.25) is 4.90 Å². The van der Waals surface area contributed by atoms with E-state index in [0.29, 0.717) is 6.04 Å². The van der Waals surface area contributed by atoms with E-state index in [2.05, 4.69) is 37.9 Å². The van der Waals surface area contributed by atoms with Gasteiger partial charge in [0, 0.05) is 31.7 Å². The average Bonchev–Trinajstić information content (AvgIpc) is 2.40. The molecule has 1 heterocycles. The molecule has 0 aromatic carbocycles. The number of nitrogens with one attached hydrogen (secondary N) is 1. The Bertz CT molecular complexity index is 262. The third-order valence-corrected chi connectivity index (χ3v) is 5.84. The van der Waals surface area contributed by atoms with Crippen molar-refractivity contribution in [3.05, 3.63) is 0 Å². The van der Waals surface area contributed by atoms with Crippen molar-refractivity contribution in [2.75, 3.05) is 19.6 Å². The van der Waals surface area contributed by atoms with E-state index >= 15 is 0 Å². The first-order valence-corrected chi connectivity index (χ1v) is 8.63. The molecule has 19 heavy (non-hydrogen) atoms. The van der Waals surface area contributed by atoms with Crippen molar-refractivity contribution >= 4 is 0 Å². The van der Waals surface area contributed by atoms with Gasteiger partial charge < -0.3 is 5.32 Å². The van der Waals surface area contributed by atoms with Crippen LogP contribution in [0.2, 0.25) is 0 Å². The van der Waals surface area contributed by atoms with Crippen molar-refractivity contribution in [2.24, 2.45) is 17.8 Å². The molecule has 0 aromatic heterocycles. The van der Waals surface area contributed by atoms with Gasteiger partial charge in [0.1, 0.15) is 0 Å². The highest BCUT2D eigenvalue weighted by Gasteiger charge is 2.34. The monoisotopic (exact) mass is 266 g/mol. The van der Waals surface area contributed by atoms with Crippen LogP contribution in [0.15, 0.2) is 0 Å². The second-order valence-electron chi connectivity index (χ2n) is 7.10. The molecule has 0 bridgehead atoms. The zero-order valence-corrected chi connectivity index (χ0v) is 13.5. The standard InChI is InChI=1S/C17H34N2/c1-5-13(3)16-12-19(11-15-8-7-9-15)17(10-18-16)14(4)6-2/h13-18H,5-12H2,1-4H3. The van der Waals surface area contributed by atoms with Gasteiger partial charge in [-0.15, -0.1) is 0 Å². The van der Waals surface area contributed by atoms with Crippen LogP contribution >= 0.6 is 0 Å². The van der Waals surface area contributed by atoms with Crippen LogP contribution in [0.4, 0.5) is 0 Å². The van der Waals surface area contributed by atoms with Crippen molar-refractivity contribution < 1.29 is 0 Å². The zero-order valence-electron chi connectivity index (χ0n) is 13.5. The summed E-state index contributed by atoms with van der Waals surface area (Å²) in [6.07, 6.45) is 7.03.